The molecule has 4 nitrogen and oxygen atoms in total. The van der Waals surface area contributed by atoms with Crippen LogP contribution in [0.4, 0.5) is 0 Å². The number of esters is 2. The first-order chi connectivity index (χ1) is 15.6. The van der Waals surface area contributed by atoms with E-state index in [1.807, 2.05) is 0 Å². The lowest BCUT2D eigenvalue weighted by Crippen LogP contribution is -2.07. The molecule has 0 aliphatic heterocycles. The van der Waals surface area contributed by atoms with E-state index in [9.17, 15) is 9.59 Å². The van der Waals surface area contributed by atoms with Crippen LogP contribution in [0.2, 0.25) is 5.02 Å². The van der Waals surface area contributed by atoms with Gasteiger partial charge in [-0.3, -0.25) is 9.59 Å². The van der Waals surface area contributed by atoms with Crippen molar-refractivity contribution >= 4 is 23.5 Å². The molecule has 0 aliphatic rings. The van der Waals surface area contributed by atoms with Gasteiger partial charge in [-0.1, -0.05) is 95.6 Å². The first kappa shape index (κ1) is 28.5. The van der Waals surface area contributed by atoms with Crippen LogP contribution in [-0.2, 0) is 14.3 Å². The second-order valence-electron chi connectivity index (χ2n) is 8.60. The molecule has 1 aromatic carbocycles. The SMILES string of the molecule is CCCCCCCCCCCOC(=O)CCCCCCCCC(=O)Oc1ccc(Cl)cc1. The normalized spacial score (nSPS) is 10.8. The third-order valence-electron chi connectivity index (χ3n) is 5.57. The highest BCUT2D eigenvalue weighted by Crippen LogP contribution is 2.17. The van der Waals surface area contributed by atoms with E-state index in [1.165, 1.54) is 44.9 Å². The summed E-state index contributed by atoms with van der Waals surface area (Å²) in [5, 5.41) is 0.622. The van der Waals surface area contributed by atoms with Crippen LogP contribution in [0.5, 0.6) is 5.75 Å². The van der Waals surface area contributed by atoms with Crippen molar-refractivity contribution in [2.24, 2.45) is 0 Å². The summed E-state index contributed by atoms with van der Waals surface area (Å²) in [7, 11) is 0. The molecule has 0 unspecified atom stereocenters. The fraction of sp³-hybridized carbons (Fsp3) is 0.704. The Morgan fingerprint density at radius 3 is 1.69 bits per heavy atom. The van der Waals surface area contributed by atoms with Gasteiger partial charge in [0.2, 0.25) is 0 Å². The van der Waals surface area contributed by atoms with E-state index in [1.54, 1.807) is 24.3 Å². The number of unbranched alkanes of at least 4 members (excludes halogenated alkanes) is 13. The average Bonchev–Trinajstić information content (AvgIpc) is 2.78. The van der Waals surface area contributed by atoms with Crippen LogP contribution in [-0.4, -0.2) is 18.5 Å². The van der Waals surface area contributed by atoms with Crippen molar-refractivity contribution in [3.05, 3.63) is 29.3 Å². The summed E-state index contributed by atoms with van der Waals surface area (Å²) >= 11 is 5.81. The van der Waals surface area contributed by atoms with Crippen molar-refractivity contribution < 1.29 is 19.1 Å². The highest BCUT2D eigenvalue weighted by atomic mass is 35.5. The molecule has 0 saturated carbocycles. The number of carbonyl (C=O) groups excluding carboxylic acids is 2. The van der Waals surface area contributed by atoms with Gasteiger partial charge in [0.1, 0.15) is 5.75 Å². The summed E-state index contributed by atoms with van der Waals surface area (Å²) in [6.45, 7) is 2.82. The summed E-state index contributed by atoms with van der Waals surface area (Å²) in [5.74, 6) is 0.264. The van der Waals surface area contributed by atoms with Gasteiger partial charge in [0, 0.05) is 17.9 Å². The third kappa shape index (κ3) is 17.1. The van der Waals surface area contributed by atoms with Gasteiger partial charge in [0.05, 0.1) is 6.61 Å². The molecule has 0 spiro atoms. The molecule has 0 aliphatic carbocycles. The Morgan fingerprint density at radius 1 is 0.656 bits per heavy atom. The number of benzene rings is 1. The van der Waals surface area contributed by atoms with E-state index in [0.717, 1.165) is 51.4 Å². The highest BCUT2D eigenvalue weighted by molar-refractivity contribution is 6.30. The van der Waals surface area contributed by atoms with E-state index >= 15 is 0 Å². The van der Waals surface area contributed by atoms with E-state index in [4.69, 9.17) is 21.1 Å². The molecule has 5 heteroatoms. The predicted octanol–water partition coefficient (Wildman–Crippen LogP) is 8.44. The minimum absolute atomic E-state index is 0.0606. The van der Waals surface area contributed by atoms with Gasteiger partial charge in [0.15, 0.2) is 0 Å². The van der Waals surface area contributed by atoms with Crippen LogP contribution in [0.15, 0.2) is 24.3 Å². The maximum absolute atomic E-state index is 11.8. The van der Waals surface area contributed by atoms with Crippen molar-refractivity contribution in [1.82, 2.24) is 0 Å². The number of hydrogen-bond donors (Lipinski definition) is 0. The molecule has 0 atom stereocenters. The van der Waals surface area contributed by atoms with Gasteiger partial charge in [-0.2, -0.15) is 0 Å². The lowest BCUT2D eigenvalue weighted by molar-refractivity contribution is -0.144. The van der Waals surface area contributed by atoms with Crippen LogP contribution in [0.3, 0.4) is 0 Å². The van der Waals surface area contributed by atoms with E-state index < -0.39 is 0 Å². The Bertz CT molecular complexity index is 600. The Labute approximate surface area is 200 Å². The molecule has 0 amide bonds. The van der Waals surface area contributed by atoms with Crippen molar-refractivity contribution in [2.45, 2.75) is 116 Å². The Hall–Kier alpha value is -1.55. The van der Waals surface area contributed by atoms with Gasteiger partial charge in [-0.05, 0) is 43.5 Å². The molecular weight excluding hydrogens is 424 g/mol. The molecule has 0 N–H and O–H groups in total. The lowest BCUT2D eigenvalue weighted by Gasteiger charge is -2.06. The molecule has 0 bridgehead atoms. The van der Waals surface area contributed by atoms with E-state index in [2.05, 4.69) is 6.92 Å². The summed E-state index contributed by atoms with van der Waals surface area (Å²) in [5.41, 5.74) is 0. The van der Waals surface area contributed by atoms with Gasteiger partial charge in [-0.15, -0.1) is 0 Å². The zero-order valence-corrected chi connectivity index (χ0v) is 20.8. The average molecular weight is 467 g/mol. The lowest BCUT2D eigenvalue weighted by atomic mass is 10.1. The molecule has 1 aromatic rings. The molecule has 32 heavy (non-hydrogen) atoms. The van der Waals surface area contributed by atoms with E-state index in [-0.39, 0.29) is 11.9 Å². The monoisotopic (exact) mass is 466 g/mol. The zero-order valence-electron chi connectivity index (χ0n) is 20.0. The topological polar surface area (TPSA) is 52.6 Å². The van der Waals surface area contributed by atoms with Crippen LogP contribution < -0.4 is 4.74 Å². The van der Waals surface area contributed by atoms with Gasteiger partial charge in [-0.25, -0.2) is 0 Å². The van der Waals surface area contributed by atoms with Crippen LogP contribution in [0.1, 0.15) is 116 Å². The number of ether oxygens (including phenoxy) is 2. The minimum Gasteiger partial charge on any atom is -0.466 e. The van der Waals surface area contributed by atoms with Crippen LogP contribution in [0, 0.1) is 0 Å². The molecule has 0 heterocycles. The maximum atomic E-state index is 11.8. The summed E-state index contributed by atoms with van der Waals surface area (Å²) < 4.78 is 10.6. The van der Waals surface area contributed by atoms with Crippen molar-refractivity contribution in [3.63, 3.8) is 0 Å². The first-order valence-electron chi connectivity index (χ1n) is 12.7. The highest BCUT2D eigenvalue weighted by Gasteiger charge is 2.05. The smallest absolute Gasteiger partial charge is 0.311 e. The molecule has 0 fully saturated rings. The Balaban J connectivity index is 1.83. The van der Waals surface area contributed by atoms with E-state index in [0.29, 0.717) is 30.2 Å². The maximum Gasteiger partial charge on any atom is 0.311 e. The molecular formula is C27H43ClO4. The van der Waals surface area contributed by atoms with Crippen LogP contribution in [0.25, 0.3) is 0 Å². The Kier molecular flexibility index (Phi) is 17.9. The molecule has 0 saturated heterocycles. The second kappa shape index (κ2) is 20.1. The standard InChI is InChI=1S/C27H43ClO4/c1-2-3-4-5-6-7-10-13-16-23-31-26(29)17-14-11-8-9-12-15-18-27(30)32-25-21-19-24(28)20-22-25/h19-22H,2-18,23H2,1H3. The third-order valence-corrected chi connectivity index (χ3v) is 5.82. The number of carbonyl (C=O) groups is 2. The quantitative estimate of drug-likeness (QED) is 0.110. The fourth-order valence-corrected chi connectivity index (χ4v) is 3.73. The summed E-state index contributed by atoms with van der Waals surface area (Å²) in [4.78, 5) is 23.6. The van der Waals surface area contributed by atoms with Crippen molar-refractivity contribution in [2.75, 3.05) is 6.61 Å². The molecule has 1 rings (SSSR count). The number of rotatable bonds is 20. The molecule has 0 radical (unpaired) electrons. The van der Waals surface area contributed by atoms with Crippen molar-refractivity contribution in [3.8, 4) is 5.75 Å². The second-order valence-corrected chi connectivity index (χ2v) is 9.03. The van der Waals surface area contributed by atoms with Gasteiger partial charge in [0.25, 0.3) is 0 Å². The zero-order chi connectivity index (χ0) is 23.3. The van der Waals surface area contributed by atoms with Crippen molar-refractivity contribution in [1.29, 1.82) is 0 Å². The minimum atomic E-state index is -0.206. The molecule has 0 aromatic heterocycles. The molecule has 182 valence electrons. The van der Waals surface area contributed by atoms with Gasteiger partial charge < -0.3 is 9.47 Å². The number of hydrogen-bond acceptors (Lipinski definition) is 4. The largest absolute Gasteiger partial charge is 0.466 e. The van der Waals surface area contributed by atoms with Crippen LogP contribution >= 0.6 is 11.6 Å². The van der Waals surface area contributed by atoms with Gasteiger partial charge >= 0.3 is 11.9 Å². The summed E-state index contributed by atoms with van der Waals surface area (Å²) in [6, 6.07) is 6.80. The Morgan fingerprint density at radius 2 is 1.12 bits per heavy atom. The predicted molar refractivity (Wildman–Crippen MR) is 132 cm³/mol. The summed E-state index contributed by atoms with van der Waals surface area (Å²) in [6.07, 6.45) is 18.3. The fourth-order valence-electron chi connectivity index (χ4n) is 3.60. The first-order valence-corrected chi connectivity index (χ1v) is 13.1. The number of halogens is 1.